The third-order valence-corrected chi connectivity index (χ3v) is 3.65. The van der Waals surface area contributed by atoms with Crippen LogP contribution in [0.25, 0.3) is 5.69 Å². The Morgan fingerprint density at radius 1 is 1.12 bits per heavy atom. The number of aromatic carboxylic acids is 1. The molecule has 0 saturated heterocycles. The summed E-state index contributed by atoms with van der Waals surface area (Å²) in [5, 5.41) is 13.2. The van der Waals surface area contributed by atoms with Gasteiger partial charge >= 0.3 is 5.97 Å². The number of carbonyl (C=O) groups is 2. The van der Waals surface area contributed by atoms with Crippen LogP contribution in [0.3, 0.4) is 0 Å². The quantitative estimate of drug-likeness (QED) is 0.772. The maximum Gasteiger partial charge on any atom is 0.337 e. The second kappa shape index (κ2) is 6.96. The Labute approximate surface area is 144 Å². The predicted molar refractivity (Wildman–Crippen MR) is 90.6 cm³/mol. The van der Waals surface area contributed by atoms with Crippen LogP contribution in [0.2, 0.25) is 0 Å². The lowest BCUT2D eigenvalue weighted by Crippen LogP contribution is -2.27. The van der Waals surface area contributed by atoms with Crippen molar-refractivity contribution in [2.75, 3.05) is 7.05 Å². The molecule has 0 fully saturated rings. The van der Waals surface area contributed by atoms with Crippen LogP contribution >= 0.6 is 0 Å². The van der Waals surface area contributed by atoms with Gasteiger partial charge in [0.1, 0.15) is 5.69 Å². The number of carboxylic acids is 1. The van der Waals surface area contributed by atoms with E-state index in [1.165, 1.54) is 23.2 Å². The van der Waals surface area contributed by atoms with Crippen LogP contribution in [0.4, 0.5) is 0 Å². The first-order chi connectivity index (χ1) is 12.0. The molecule has 126 valence electrons. The molecule has 7 nitrogen and oxygen atoms in total. The number of hydrogen-bond donors (Lipinski definition) is 1. The third kappa shape index (κ3) is 3.72. The van der Waals surface area contributed by atoms with Crippen molar-refractivity contribution in [2.45, 2.75) is 6.54 Å². The van der Waals surface area contributed by atoms with Crippen LogP contribution in [0.5, 0.6) is 0 Å². The number of carbonyl (C=O) groups excluding carboxylic acids is 1. The fraction of sp³-hybridized carbons (Fsp3) is 0.111. The molecule has 0 atom stereocenters. The summed E-state index contributed by atoms with van der Waals surface area (Å²) in [5.41, 5.74) is 2.06. The Balaban J connectivity index is 1.69. The SMILES string of the molecule is CN(Cc1cnn(-c2ccccc2)c1)C(=O)c1ccc(C(=O)O)cn1. The number of para-hydroxylation sites is 1. The number of aromatic nitrogens is 3. The maximum absolute atomic E-state index is 12.4. The lowest BCUT2D eigenvalue weighted by atomic mass is 10.2. The molecule has 3 rings (SSSR count). The van der Waals surface area contributed by atoms with Crippen molar-refractivity contribution < 1.29 is 14.7 Å². The molecule has 3 aromatic rings. The highest BCUT2D eigenvalue weighted by molar-refractivity contribution is 5.93. The summed E-state index contributed by atoms with van der Waals surface area (Å²) in [7, 11) is 1.66. The molecule has 0 radical (unpaired) electrons. The Bertz CT molecular complexity index is 888. The van der Waals surface area contributed by atoms with Crippen molar-refractivity contribution in [1.29, 1.82) is 0 Å². The topological polar surface area (TPSA) is 88.3 Å². The molecule has 2 aromatic heterocycles. The van der Waals surface area contributed by atoms with Crippen molar-refractivity contribution in [3.63, 3.8) is 0 Å². The van der Waals surface area contributed by atoms with Crippen LogP contribution < -0.4 is 0 Å². The minimum absolute atomic E-state index is 0.0448. The van der Waals surface area contributed by atoms with Crippen LogP contribution in [0, 0.1) is 0 Å². The molecule has 0 bridgehead atoms. The van der Waals surface area contributed by atoms with E-state index in [4.69, 9.17) is 5.11 Å². The molecular formula is C18H16N4O3. The lowest BCUT2D eigenvalue weighted by Gasteiger charge is -2.15. The molecule has 1 amide bonds. The number of pyridine rings is 1. The number of rotatable bonds is 5. The Morgan fingerprint density at radius 2 is 1.88 bits per heavy atom. The Morgan fingerprint density at radius 3 is 2.52 bits per heavy atom. The monoisotopic (exact) mass is 336 g/mol. The first kappa shape index (κ1) is 16.4. The summed E-state index contributed by atoms with van der Waals surface area (Å²) in [5.74, 6) is -1.36. The second-order valence-corrected chi connectivity index (χ2v) is 5.53. The summed E-state index contributed by atoms with van der Waals surface area (Å²) < 4.78 is 1.74. The van der Waals surface area contributed by atoms with Gasteiger partial charge in [-0.15, -0.1) is 0 Å². The van der Waals surface area contributed by atoms with E-state index in [9.17, 15) is 9.59 Å². The zero-order valence-electron chi connectivity index (χ0n) is 13.5. The van der Waals surface area contributed by atoms with E-state index in [2.05, 4.69) is 10.1 Å². The minimum Gasteiger partial charge on any atom is -0.478 e. The van der Waals surface area contributed by atoms with Gasteiger partial charge in [0.05, 0.1) is 17.4 Å². The predicted octanol–water partition coefficient (Wildman–Crippen LogP) is 2.24. The van der Waals surface area contributed by atoms with Crippen LogP contribution in [0.1, 0.15) is 26.4 Å². The normalized spacial score (nSPS) is 10.4. The molecule has 0 aliphatic heterocycles. The summed E-state index contributed by atoms with van der Waals surface area (Å²) in [4.78, 5) is 28.7. The highest BCUT2D eigenvalue weighted by Gasteiger charge is 2.15. The Hall–Kier alpha value is -3.48. The van der Waals surface area contributed by atoms with E-state index >= 15 is 0 Å². The highest BCUT2D eigenvalue weighted by atomic mass is 16.4. The summed E-state index contributed by atoms with van der Waals surface area (Å²) in [6, 6.07) is 12.5. The molecule has 7 heteroatoms. The molecule has 0 aliphatic rings. The van der Waals surface area contributed by atoms with E-state index in [1.807, 2.05) is 36.5 Å². The molecule has 0 aliphatic carbocycles. The van der Waals surface area contributed by atoms with Crippen molar-refractivity contribution in [3.8, 4) is 5.69 Å². The minimum atomic E-state index is -1.08. The standard InChI is InChI=1S/C18H16N4O3/c1-21(17(23)16-8-7-14(10-19-16)18(24)25)11-13-9-20-22(12-13)15-5-3-2-4-6-15/h2-10,12H,11H2,1H3,(H,24,25). The fourth-order valence-electron chi connectivity index (χ4n) is 2.35. The van der Waals surface area contributed by atoms with Crippen molar-refractivity contribution in [3.05, 3.63) is 77.9 Å². The fourth-order valence-corrected chi connectivity index (χ4v) is 2.35. The molecule has 0 saturated carbocycles. The van der Waals surface area contributed by atoms with Gasteiger partial charge in [-0.25, -0.2) is 9.48 Å². The maximum atomic E-state index is 12.4. The van der Waals surface area contributed by atoms with Crippen LogP contribution in [-0.2, 0) is 6.54 Å². The zero-order valence-corrected chi connectivity index (χ0v) is 13.5. The number of hydrogen-bond acceptors (Lipinski definition) is 4. The average molecular weight is 336 g/mol. The summed E-state index contributed by atoms with van der Waals surface area (Å²) in [6.45, 7) is 0.369. The summed E-state index contributed by atoms with van der Waals surface area (Å²) in [6.07, 6.45) is 4.74. The van der Waals surface area contributed by atoms with Gasteiger partial charge in [-0.1, -0.05) is 18.2 Å². The van der Waals surface area contributed by atoms with Gasteiger partial charge in [0, 0.05) is 31.5 Å². The molecular weight excluding hydrogens is 320 g/mol. The number of nitrogens with zero attached hydrogens (tertiary/aromatic N) is 4. The van der Waals surface area contributed by atoms with Gasteiger partial charge in [-0.2, -0.15) is 5.10 Å². The molecule has 0 unspecified atom stereocenters. The second-order valence-electron chi connectivity index (χ2n) is 5.53. The van der Waals surface area contributed by atoms with Gasteiger partial charge in [0.25, 0.3) is 5.91 Å². The van der Waals surface area contributed by atoms with Crippen molar-refractivity contribution >= 4 is 11.9 Å². The van der Waals surface area contributed by atoms with Crippen molar-refractivity contribution in [2.24, 2.45) is 0 Å². The number of benzene rings is 1. The highest BCUT2D eigenvalue weighted by Crippen LogP contribution is 2.11. The van der Waals surface area contributed by atoms with E-state index in [0.29, 0.717) is 6.54 Å². The van der Waals surface area contributed by atoms with E-state index < -0.39 is 5.97 Å². The first-order valence-electron chi connectivity index (χ1n) is 7.58. The number of carboxylic acid groups (broad SMARTS) is 1. The largest absolute Gasteiger partial charge is 0.478 e. The molecule has 2 heterocycles. The van der Waals surface area contributed by atoms with Gasteiger partial charge in [0.15, 0.2) is 0 Å². The van der Waals surface area contributed by atoms with Gasteiger partial charge in [-0.05, 0) is 24.3 Å². The average Bonchev–Trinajstić information content (AvgIpc) is 3.10. The molecule has 1 aromatic carbocycles. The Kier molecular flexibility index (Phi) is 4.56. The van der Waals surface area contributed by atoms with Gasteiger partial charge < -0.3 is 10.0 Å². The van der Waals surface area contributed by atoms with Crippen molar-refractivity contribution in [1.82, 2.24) is 19.7 Å². The van der Waals surface area contributed by atoms with E-state index in [-0.39, 0.29) is 17.2 Å². The summed E-state index contributed by atoms with van der Waals surface area (Å²) >= 11 is 0. The zero-order chi connectivity index (χ0) is 17.8. The van der Waals surface area contributed by atoms with E-state index in [0.717, 1.165) is 11.3 Å². The lowest BCUT2D eigenvalue weighted by molar-refractivity contribution is 0.0694. The van der Waals surface area contributed by atoms with E-state index in [1.54, 1.807) is 17.9 Å². The third-order valence-electron chi connectivity index (χ3n) is 3.65. The molecule has 1 N–H and O–H groups in total. The number of amides is 1. The molecule has 25 heavy (non-hydrogen) atoms. The first-order valence-corrected chi connectivity index (χ1v) is 7.58. The smallest absolute Gasteiger partial charge is 0.337 e. The molecule has 0 spiro atoms. The van der Waals surface area contributed by atoms with Crippen LogP contribution in [0.15, 0.2) is 61.1 Å². The van der Waals surface area contributed by atoms with Crippen LogP contribution in [-0.4, -0.2) is 43.7 Å². The van der Waals surface area contributed by atoms with Gasteiger partial charge in [-0.3, -0.25) is 9.78 Å². The van der Waals surface area contributed by atoms with Gasteiger partial charge in [0.2, 0.25) is 0 Å².